The summed E-state index contributed by atoms with van der Waals surface area (Å²) in [5.74, 6) is 2.38. The molecule has 2 aliphatic rings. The van der Waals surface area contributed by atoms with Gasteiger partial charge in [-0.2, -0.15) is 5.10 Å². The van der Waals surface area contributed by atoms with Gasteiger partial charge >= 0.3 is 5.97 Å². The molecule has 0 amide bonds. The number of carbonyl (C=O) groups excluding carboxylic acids is 1. The van der Waals surface area contributed by atoms with E-state index < -0.39 is 12.2 Å². The van der Waals surface area contributed by atoms with Gasteiger partial charge in [0.2, 0.25) is 6.23 Å². The van der Waals surface area contributed by atoms with Gasteiger partial charge in [0.15, 0.2) is 0 Å². The van der Waals surface area contributed by atoms with Crippen molar-refractivity contribution < 1.29 is 18.7 Å². The number of hydrogen-bond donors (Lipinski definition) is 0. The highest BCUT2D eigenvalue weighted by Gasteiger charge is 2.41. The van der Waals surface area contributed by atoms with Gasteiger partial charge in [0.25, 0.3) is 0 Å². The highest BCUT2D eigenvalue weighted by atomic mass is 79.9. The molecule has 180 valence electrons. The number of hydrogen-bond acceptors (Lipinski definition) is 6. The molecule has 4 aromatic rings. The molecule has 3 aromatic carbocycles. The molecule has 6 rings (SSSR count). The summed E-state index contributed by atoms with van der Waals surface area (Å²) in [6, 6.07) is 23.8. The predicted molar refractivity (Wildman–Crippen MR) is 140 cm³/mol. The minimum atomic E-state index is -0.464. The van der Waals surface area contributed by atoms with E-state index in [0.717, 1.165) is 38.6 Å². The standard InChI is InChI=1S/C28H20BrClN2O4/c1-16-2-12-26(34-16)23-15-24-22-14-20(30)9-13-25(22)36-27(32(24)31-23)17-5-10-21(11-6-17)35-28(33)18-3-7-19(29)8-4-18/h2-14,24,27H,15H2,1H3/t24-,27+/m0/s1. The second kappa shape index (κ2) is 9.15. The third-order valence-corrected chi connectivity index (χ3v) is 7.00. The highest BCUT2D eigenvalue weighted by molar-refractivity contribution is 9.10. The van der Waals surface area contributed by atoms with Gasteiger partial charge in [-0.3, -0.25) is 0 Å². The van der Waals surface area contributed by atoms with Gasteiger partial charge in [-0.1, -0.05) is 27.5 Å². The molecule has 0 saturated carbocycles. The fourth-order valence-corrected chi connectivity index (χ4v) is 4.91. The van der Waals surface area contributed by atoms with Crippen LogP contribution in [0.25, 0.3) is 0 Å². The summed E-state index contributed by atoms with van der Waals surface area (Å²) in [5, 5.41) is 7.50. The van der Waals surface area contributed by atoms with Crippen molar-refractivity contribution in [3.05, 3.63) is 117 Å². The first kappa shape index (κ1) is 22.9. The molecule has 2 atom stereocenters. The van der Waals surface area contributed by atoms with Crippen molar-refractivity contribution in [2.45, 2.75) is 25.6 Å². The first-order valence-electron chi connectivity index (χ1n) is 11.4. The van der Waals surface area contributed by atoms with Crippen molar-refractivity contribution in [2.75, 3.05) is 0 Å². The highest BCUT2D eigenvalue weighted by Crippen LogP contribution is 2.48. The first-order chi connectivity index (χ1) is 17.4. The van der Waals surface area contributed by atoms with E-state index in [1.54, 1.807) is 36.4 Å². The lowest BCUT2D eigenvalue weighted by atomic mass is 9.97. The molecular formula is C28H20BrClN2O4. The summed E-state index contributed by atoms with van der Waals surface area (Å²) in [5.41, 5.74) is 3.20. The lowest BCUT2D eigenvalue weighted by molar-refractivity contribution is -0.0190. The van der Waals surface area contributed by atoms with E-state index in [2.05, 4.69) is 15.9 Å². The summed E-state index contributed by atoms with van der Waals surface area (Å²) in [6.45, 7) is 1.92. The SMILES string of the molecule is Cc1ccc(C2=NN3[C@@H](c4ccc(OC(=O)c5ccc(Br)cc5)cc4)Oc4ccc(Cl)cc4[C@@H]3C2)o1. The van der Waals surface area contributed by atoms with Gasteiger partial charge in [0, 0.05) is 27.0 Å². The number of halogens is 2. The number of hydrazone groups is 1. The van der Waals surface area contributed by atoms with Gasteiger partial charge in [0.05, 0.1) is 11.6 Å². The maximum Gasteiger partial charge on any atom is 0.343 e. The molecule has 2 aliphatic heterocycles. The molecule has 0 fully saturated rings. The zero-order valence-corrected chi connectivity index (χ0v) is 21.5. The maximum atomic E-state index is 12.5. The van der Waals surface area contributed by atoms with E-state index in [0.29, 0.717) is 22.8 Å². The Bertz CT molecular complexity index is 1480. The number of benzene rings is 3. The lowest BCUT2D eigenvalue weighted by Crippen LogP contribution is -2.33. The van der Waals surface area contributed by atoms with Crippen LogP contribution < -0.4 is 9.47 Å². The maximum absolute atomic E-state index is 12.5. The zero-order chi connectivity index (χ0) is 24.8. The third-order valence-electron chi connectivity index (χ3n) is 6.23. The zero-order valence-electron chi connectivity index (χ0n) is 19.2. The van der Waals surface area contributed by atoms with Crippen LogP contribution in [0.15, 0.2) is 92.9 Å². The predicted octanol–water partition coefficient (Wildman–Crippen LogP) is 7.47. The fraction of sp³-hybridized carbons (Fsp3) is 0.143. The minimum absolute atomic E-state index is 0.0484. The van der Waals surface area contributed by atoms with Crippen molar-refractivity contribution in [1.82, 2.24) is 5.01 Å². The van der Waals surface area contributed by atoms with Crippen LogP contribution in [0, 0.1) is 6.92 Å². The minimum Gasteiger partial charge on any atom is -0.464 e. The Morgan fingerprint density at radius 2 is 1.83 bits per heavy atom. The van der Waals surface area contributed by atoms with Gasteiger partial charge in [-0.05, 0) is 85.8 Å². The van der Waals surface area contributed by atoms with Crippen LogP contribution in [-0.2, 0) is 0 Å². The average Bonchev–Trinajstić information content (AvgIpc) is 3.51. The van der Waals surface area contributed by atoms with Gasteiger partial charge in [-0.25, -0.2) is 9.80 Å². The number of nitrogens with zero attached hydrogens (tertiary/aromatic N) is 2. The second-order valence-electron chi connectivity index (χ2n) is 8.67. The summed E-state index contributed by atoms with van der Waals surface area (Å²) in [7, 11) is 0. The van der Waals surface area contributed by atoms with Crippen LogP contribution >= 0.6 is 27.5 Å². The van der Waals surface area contributed by atoms with E-state index in [1.165, 1.54) is 0 Å². The molecule has 0 spiro atoms. The number of aryl methyl sites for hydroxylation is 1. The lowest BCUT2D eigenvalue weighted by Gasteiger charge is -2.38. The van der Waals surface area contributed by atoms with Gasteiger partial charge < -0.3 is 13.9 Å². The molecule has 0 unspecified atom stereocenters. The van der Waals surface area contributed by atoms with E-state index in [1.807, 2.05) is 54.4 Å². The normalized spacial score (nSPS) is 18.2. The summed E-state index contributed by atoms with van der Waals surface area (Å²) in [6.07, 6.45) is 0.205. The summed E-state index contributed by atoms with van der Waals surface area (Å²) >= 11 is 9.68. The number of ether oxygens (including phenoxy) is 2. The average molecular weight is 564 g/mol. The number of furan rings is 1. The second-order valence-corrected chi connectivity index (χ2v) is 10.0. The Morgan fingerprint density at radius 3 is 2.56 bits per heavy atom. The quantitative estimate of drug-likeness (QED) is 0.190. The molecule has 0 saturated heterocycles. The van der Waals surface area contributed by atoms with E-state index in [4.69, 9.17) is 30.6 Å². The van der Waals surface area contributed by atoms with Crippen molar-refractivity contribution in [3.8, 4) is 11.5 Å². The van der Waals surface area contributed by atoms with Crippen LogP contribution in [0.4, 0.5) is 0 Å². The number of carbonyl (C=O) groups is 1. The molecule has 0 aliphatic carbocycles. The Labute approximate surface area is 221 Å². The van der Waals surface area contributed by atoms with Crippen LogP contribution in [0.2, 0.25) is 5.02 Å². The molecule has 6 nitrogen and oxygen atoms in total. The number of rotatable bonds is 4. The van der Waals surface area contributed by atoms with Gasteiger partial charge in [-0.15, -0.1) is 0 Å². The molecule has 8 heteroatoms. The van der Waals surface area contributed by atoms with E-state index >= 15 is 0 Å². The molecular weight excluding hydrogens is 544 g/mol. The Balaban J connectivity index is 1.29. The van der Waals surface area contributed by atoms with Crippen molar-refractivity contribution in [3.63, 3.8) is 0 Å². The smallest absolute Gasteiger partial charge is 0.343 e. The molecule has 0 bridgehead atoms. The van der Waals surface area contributed by atoms with Crippen LogP contribution in [0.5, 0.6) is 11.5 Å². The first-order valence-corrected chi connectivity index (χ1v) is 12.6. The van der Waals surface area contributed by atoms with Crippen molar-refractivity contribution >= 4 is 39.2 Å². The van der Waals surface area contributed by atoms with E-state index in [-0.39, 0.29) is 6.04 Å². The molecule has 0 radical (unpaired) electrons. The number of esters is 1. The van der Waals surface area contributed by atoms with Crippen molar-refractivity contribution in [1.29, 1.82) is 0 Å². The molecule has 0 N–H and O–H groups in total. The van der Waals surface area contributed by atoms with Crippen LogP contribution in [0.1, 0.15) is 51.7 Å². The Hall–Kier alpha value is -3.55. The molecule has 1 aromatic heterocycles. The van der Waals surface area contributed by atoms with Crippen LogP contribution in [0.3, 0.4) is 0 Å². The van der Waals surface area contributed by atoms with E-state index in [9.17, 15) is 4.79 Å². The Morgan fingerprint density at radius 1 is 1.06 bits per heavy atom. The molecule has 36 heavy (non-hydrogen) atoms. The topological polar surface area (TPSA) is 64.3 Å². The largest absolute Gasteiger partial charge is 0.464 e. The number of fused-ring (bicyclic) bond motifs is 3. The van der Waals surface area contributed by atoms with Crippen molar-refractivity contribution in [2.24, 2.45) is 5.10 Å². The summed E-state index contributed by atoms with van der Waals surface area (Å²) in [4.78, 5) is 12.5. The van der Waals surface area contributed by atoms with Crippen LogP contribution in [-0.4, -0.2) is 16.7 Å². The summed E-state index contributed by atoms with van der Waals surface area (Å²) < 4.78 is 18.7. The fourth-order valence-electron chi connectivity index (χ4n) is 4.47. The van der Waals surface area contributed by atoms with Gasteiger partial charge in [0.1, 0.15) is 28.7 Å². The third kappa shape index (κ3) is 4.29. The monoisotopic (exact) mass is 562 g/mol. The Kier molecular flexibility index (Phi) is 5.82. The molecule has 3 heterocycles.